The van der Waals surface area contributed by atoms with Crippen LogP contribution in [0.2, 0.25) is 0 Å². The molecule has 1 aromatic carbocycles. The van der Waals surface area contributed by atoms with E-state index in [2.05, 4.69) is 56.2 Å². The second-order valence-corrected chi connectivity index (χ2v) is 4.74. The zero-order valence-corrected chi connectivity index (χ0v) is 11.9. The van der Waals surface area contributed by atoms with Gasteiger partial charge in [-0.2, -0.15) is 0 Å². The van der Waals surface area contributed by atoms with Crippen molar-refractivity contribution < 1.29 is 0 Å². The van der Waals surface area contributed by atoms with Gasteiger partial charge in [0.15, 0.2) is 0 Å². The smallest absolute Gasteiger partial charge is 0.0411 e. The Morgan fingerprint density at radius 1 is 1.24 bits per heavy atom. The van der Waals surface area contributed by atoms with Crippen LogP contribution in [0.5, 0.6) is 0 Å². The van der Waals surface area contributed by atoms with Gasteiger partial charge in [0.25, 0.3) is 0 Å². The van der Waals surface area contributed by atoms with Gasteiger partial charge in [-0.15, -0.1) is 0 Å². The lowest BCUT2D eigenvalue weighted by molar-refractivity contribution is 0.589. The number of hydrogen-bond acceptors (Lipinski definition) is 2. The van der Waals surface area contributed by atoms with E-state index in [-0.39, 0.29) is 0 Å². The number of rotatable bonds is 6. The number of nitrogens with one attached hydrogen (secondary N) is 1. The summed E-state index contributed by atoms with van der Waals surface area (Å²) >= 11 is 0. The Labute approximate surface area is 106 Å². The van der Waals surface area contributed by atoms with Crippen LogP contribution >= 0.6 is 0 Å². The van der Waals surface area contributed by atoms with Crippen molar-refractivity contribution in [2.75, 3.05) is 19.0 Å². The summed E-state index contributed by atoms with van der Waals surface area (Å²) in [6, 6.07) is 7.37. The lowest BCUT2D eigenvalue weighted by Gasteiger charge is -2.30. The molecule has 2 heteroatoms. The lowest BCUT2D eigenvalue weighted by Crippen LogP contribution is -2.31. The van der Waals surface area contributed by atoms with Crippen LogP contribution in [-0.2, 0) is 6.54 Å². The van der Waals surface area contributed by atoms with E-state index in [0.717, 1.165) is 6.54 Å². The largest absolute Gasteiger partial charge is 0.371 e. The van der Waals surface area contributed by atoms with Gasteiger partial charge in [-0.1, -0.05) is 31.5 Å². The summed E-state index contributed by atoms with van der Waals surface area (Å²) in [6.45, 7) is 7.61. The molecule has 17 heavy (non-hydrogen) atoms. The third-order valence-electron chi connectivity index (χ3n) is 3.47. The first-order valence-electron chi connectivity index (χ1n) is 6.60. The van der Waals surface area contributed by atoms with Crippen molar-refractivity contribution in [2.45, 2.75) is 46.2 Å². The number of aryl methyl sites for hydroxylation is 1. The minimum atomic E-state index is 0.633. The minimum Gasteiger partial charge on any atom is -0.371 e. The van der Waals surface area contributed by atoms with Gasteiger partial charge in [-0.25, -0.2) is 0 Å². The molecule has 2 nitrogen and oxygen atoms in total. The molecule has 0 aliphatic carbocycles. The molecule has 0 aliphatic heterocycles. The van der Waals surface area contributed by atoms with Crippen molar-refractivity contribution in [3.05, 3.63) is 29.3 Å². The zero-order chi connectivity index (χ0) is 12.8. The molecule has 0 unspecified atom stereocenters. The third kappa shape index (κ3) is 3.47. The third-order valence-corrected chi connectivity index (χ3v) is 3.47. The Hall–Kier alpha value is -1.02. The molecule has 0 fully saturated rings. The molecule has 0 atom stereocenters. The van der Waals surface area contributed by atoms with Crippen LogP contribution in [-0.4, -0.2) is 20.1 Å². The fourth-order valence-corrected chi connectivity index (χ4v) is 2.42. The average molecular weight is 234 g/mol. The molecule has 0 spiro atoms. The molecule has 0 amide bonds. The Bertz CT molecular complexity index is 343. The monoisotopic (exact) mass is 234 g/mol. The van der Waals surface area contributed by atoms with Gasteiger partial charge in [0.05, 0.1) is 0 Å². The normalized spacial score (nSPS) is 10.9. The summed E-state index contributed by atoms with van der Waals surface area (Å²) in [7, 11) is 4.21. The molecule has 0 saturated heterocycles. The Kier molecular flexibility index (Phi) is 5.49. The van der Waals surface area contributed by atoms with Crippen molar-refractivity contribution >= 4 is 5.69 Å². The van der Waals surface area contributed by atoms with Gasteiger partial charge in [-0.05, 0) is 38.4 Å². The summed E-state index contributed by atoms with van der Waals surface area (Å²) in [6.07, 6.45) is 2.39. The quantitative estimate of drug-likeness (QED) is 0.812. The second-order valence-electron chi connectivity index (χ2n) is 4.74. The Morgan fingerprint density at radius 2 is 1.88 bits per heavy atom. The van der Waals surface area contributed by atoms with Crippen LogP contribution in [0, 0.1) is 6.92 Å². The van der Waals surface area contributed by atoms with Crippen LogP contribution in [0.3, 0.4) is 0 Å². The summed E-state index contributed by atoms with van der Waals surface area (Å²) < 4.78 is 0. The van der Waals surface area contributed by atoms with E-state index in [1.165, 1.54) is 29.7 Å². The van der Waals surface area contributed by atoms with Crippen molar-refractivity contribution in [3.63, 3.8) is 0 Å². The molecule has 0 bridgehead atoms. The van der Waals surface area contributed by atoms with Crippen LogP contribution in [0.4, 0.5) is 5.69 Å². The van der Waals surface area contributed by atoms with Crippen LogP contribution in [0.25, 0.3) is 0 Å². The predicted octanol–water partition coefficient (Wildman–Crippen LogP) is 3.34. The molecule has 0 aliphatic rings. The van der Waals surface area contributed by atoms with E-state index in [1.807, 2.05) is 7.05 Å². The molecule has 0 aromatic heterocycles. The molecule has 1 N–H and O–H groups in total. The highest BCUT2D eigenvalue weighted by Gasteiger charge is 2.14. The number of anilines is 1. The SMILES string of the molecule is CCC(CC)N(C)c1ccc(C)cc1CNC. The first kappa shape index (κ1) is 14.0. The van der Waals surface area contributed by atoms with Crippen LogP contribution < -0.4 is 10.2 Å². The molecule has 96 valence electrons. The van der Waals surface area contributed by atoms with Crippen molar-refractivity contribution in [2.24, 2.45) is 0 Å². The van der Waals surface area contributed by atoms with E-state index < -0.39 is 0 Å². The fraction of sp³-hybridized carbons (Fsp3) is 0.600. The number of nitrogens with zero attached hydrogens (tertiary/aromatic N) is 1. The van der Waals surface area contributed by atoms with Crippen LogP contribution in [0.1, 0.15) is 37.8 Å². The maximum absolute atomic E-state index is 3.25. The summed E-state index contributed by atoms with van der Waals surface area (Å²) in [5, 5.41) is 3.25. The van der Waals surface area contributed by atoms with E-state index in [1.54, 1.807) is 0 Å². The second kappa shape index (κ2) is 6.65. The Morgan fingerprint density at radius 3 is 2.41 bits per heavy atom. The van der Waals surface area contributed by atoms with Crippen molar-refractivity contribution in [3.8, 4) is 0 Å². The van der Waals surface area contributed by atoms with Crippen LogP contribution in [0.15, 0.2) is 18.2 Å². The van der Waals surface area contributed by atoms with Gasteiger partial charge < -0.3 is 10.2 Å². The molecule has 0 saturated carbocycles. The molecule has 0 heterocycles. The van der Waals surface area contributed by atoms with E-state index in [0.29, 0.717) is 6.04 Å². The fourth-order valence-electron chi connectivity index (χ4n) is 2.42. The van der Waals surface area contributed by atoms with Gasteiger partial charge in [0.1, 0.15) is 0 Å². The highest BCUT2D eigenvalue weighted by Crippen LogP contribution is 2.24. The highest BCUT2D eigenvalue weighted by molar-refractivity contribution is 5.55. The summed E-state index contributed by atoms with van der Waals surface area (Å²) in [4.78, 5) is 2.42. The molecule has 1 rings (SSSR count). The van der Waals surface area contributed by atoms with E-state index in [9.17, 15) is 0 Å². The first-order valence-corrected chi connectivity index (χ1v) is 6.60. The van der Waals surface area contributed by atoms with Gasteiger partial charge >= 0.3 is 0 Å². The number of benzene rings is 1. The summed E-state index contributed by atoms with van der Waals surface area (Å²) in [5.74, 6) is 0. The maximum Gasteiger partial charge on any atom is 0.0411 e. The minimum absolute atomic E-state index is 0.633. The van der Waals surface area contributed by atoms with Crippen molar-refractivity contribution in [1.29, 1.82) is 0 Å². The van der Waals surface area contributed by atoms with Crippen molar-refractivity contribution in [1.82, 2.24) is 5.32 Å². The maximum atomic E-state index is 3.25. The topological polar surface area (TPSA) is 15.3 Å². The first-order chi connectivity index (χ1) is 8.13. The Balaban J connectivity index is 3.02. The molecule has 0 radical (unpaired) electrons. The van der Waals surface area contributed by atoms with E-state index in [4.69, 9.17) is 0 Å². The van der Waals surface area contributed by atoms with Gasteiger partial charge in [0.2, 0.25) is 0 Å². The molecular formula is C15H26N2. The summed E-state index contributed by atoms with van der Waals surface area (Å²) in [5.41, 5.74) is 4.08. The number of hydrogen-bond donors (Lipinski definition) is 1. The highest BCUT2D eigenvalue weighted by atomic mass is 15.1. The van der Waals surface area contributed by atoms with Gasteiger partial charge in [-0.3, -0.25) is 0 Å². The predicted molar refractivity (Wildman–Crippen MR) is 76.7 cm³/mol. The standard InChI is InChI=1S/C15H26N2/c1-6-14(7-2)17(5)15-9-8-12(3)10-13(15)11-16-4/h8-10,14,16H,6-7,11H2,1-5H3. The zero-order valence-electron chi connectivity index (χ0n) is 11.9. The molecule has 1 aromatic rings. The van der Waals surface area contributed by atoms with Gasteiger partial charge in [0, 0.05) is 25.3 Å². The average Bonchev–Trinajstić information content (AvgIpc) is 2.31. The lowest BCUT2D eigenvalue weighted by atomic mass is 10.0. The molecular weight excluding hydrogens is 208 g/mol. The van der Waals surface area contributed by atoms with E-state index >= 15 is 0 Å².